The number of carbonyl (C=O) groups excluding carboxylic acids is 2. The summed E-state index contributed by atoms with van der Waals surface area (Å²) in [7, 11) is 0. The van der Waals surface area contributed by atoms with Crippen LogP contribution in [-0.4, -0.2) is 40.3 Å². The molecular formula is C13H17N3O2S. The lowest BCUT2D eigenvalue weighted by Gasteiger charge is -2.43. The lowest BCUT2D eigenvalue weighted by molar-refractivity contribution is -0.127. The van der Waals surface area contributed by atoms with Gasteiger partial charge in [0.05, 0.1) is 11.0 Å². The van der Waals surface area contributed by atoms with Crippen molar-refractivity contribution in [3.05, 3.63) is 16.1 Å². The molecule has 0 unspecified atom stereocenters. The Hall–Kier alpha value is -1.43. The zero-order valence-electron chi connectivity index (χ0n) is 10.9. The minimum atomic E-state index is -0.101. The summed E-state index contributed by atoms with van der Waals surface area (Å²) in [4.78, 5) is 30.2. The minimum absolute atomic E-state index is 0.0524. The van der Waals surface area contributed by atoms with Crippen LogP contribution in [0.5, 0.6) is 0 Å². The first-order valence-corrected chi connectivity index (χ1v) is 7.55. The van der Waals surface area contributed by atoms with E-state index in [-0.39, 0.29) is 30.4 Å². The number of rotatable bonds is 1. The van der Waals surface area contributed by atoms with E-state index >= 15 is 0 Å². The van der Waals surface area contributed by atoms with Crippen molar-refractivity contribution in [2.24, 2.45) is 0 Å². The minimum Gasteiger partial charge on any atom is -0.350 e. The fourth-order valence-corrected chi connectivity index (χ4v) is 3.60. The van der Waals surface area contributed by atoms with E-state index in [1.54, 1.807) is 10.3 Å². The Balaban J connectivity index is 1.84. The molecule has 5 nitrogen and oxygen atoms in total. The van der Waals surface area contributed by atoms with Crippen LogP contribution in [0.1, 0.15) is 41.2 Å². The number of thiazole rings is 1. The molecule has 3 rings (SSSR count). The highest BCUT2D eigenvalue weighted by Gasteiger charge is 2.39. The van der Waals surface area contributed by atoms with E-state index < -0.39 is 0 Å². The van der Waals surface area contributed by atoms with Crippen LogP contribution in [0.15, 0.2) is 5.38 Å². The predicted octanol–water partition coefficient (Wildman–Crippen LogP) is 1.33. The van der Waals surface area contributed by atoms with Crippen LogP contribution in [0.2, 0.25) is 0 Å². The van der Waals surface area contributed by atoms with Gasteiger partial charge in [-0.1, -0.05) is 12.8 Å². The number of aryl methyl sites for hydroxylation is 1. The highest BCUT2D eigenvalue weighted by Crippen LogP contribution is 2.27. The fourth-order valence-electron chi connectivity index (χ4n) is 3.01. The van der Waals surface area contributed by atoms with Gasteiger partial charge < -0.3 is 10.2 Å². The molecule has 2 atom stereocenters. The molecular weight excluding hydrogens is 262 g/mol. The standard InChI is InChI=1S/C13H17N3O2S/c1-8-14-10(7-19-8)13(18)16-6-12(17)15-9-4-2-3-5-11(9)16/h7,9,11H,2-6H2,1H3,(H,15,17)/t9-,11+/m0/s1. The number of fused-ring (bicyclic) bond motifs is 1. The van der Waals surface area contributed by atoms with Gasteiger partial charge in [0, 0.05) is 11.4 Å². The summed E-state index contributed by atoms with van der Waals surface area (Å²) in [6, 6.07) is 0.264. The highest BCUT2D eigenvalue weighted by molar-refractivity contribution is 7.09. The smallest absolute Gasteiger partial charge is 0.274 e. The van der Waals surface area contributed by atoms with Crippen LogP contribution in [0.4, 0.5) is 0 Å². The predicted molar refractivity (Wildman–Crippen MR) is 72.1 cm³/mol. The Morgan fingerprint density at radius 1 is 1.47 bits per heavy atom. The Bertz CT molecular complexity index is 514. The van der Waals surface area contributed by atoms with Gasteiger partial charge in [0.2, 0.25) is 5.91 Å². The molecule has 102 valence electrons. The van der Waals surface area contributed by atoms with Gasteiger partial charge in [0.15, 0.2) is 0 Å². The molecule has 0 bridgehead atoms. The summed E-state index contributed by atoms with van der Waals surface area (Å²) >= 11 is 1.47. The van der Waals surface area contributed by atoms with Crippen molar-refractivity contribution in [1.82, 2.24) is 15.2 Å². The number of amides is 2. The molecule has 1 saturated heterocycles. The SMILES string of the molecule is Cc1nc(C(=O)N2CC(=O)N[C@H]3CCCC[C@H]32)cs1. The molecule has 1 aliphatic heterocycles. The molecule has 0 radical (unpaired) electrons. The first-order chi connectivity index (χ1) is 9.15. The van der Waals surface area contributed by atoms with Crippen molar-refractivity contribution in [2.45, 2.75) is 44.7 Å². The van der Waals surface area contributed by atoms with Gasteiger partial charge in [0.25, 0.3) is 5.91 Å². The lowest BCUT2D eigenvalue weighted by Crippen LogP contribution is -2.62. The monoisotopic (exact) mass is 279 g/mol. The third kappa shape index (κ3) is 2.36. The van der Waals surface area contributed by atoms with Crippen LogP contribution in [-0.2, 0) is 4.79 Å². The van der Waals surface area contributed by atoms with Crippen molar-refractivity contribution in [3.8, 4) is 0 Å². The molecule has 1 aromatic rings. The fraction of sp³-hybridized carbons (Fsp3) is 0.615. The van der Waals surface area contributed by atoms with Gasteiger partial charge >= 0.3 is 0 Å². The second-order valence-electron chi connectivity index (χ2n) is 5.21. The van der Waals surface area contributed by atoms with Crippen LogP contribution in [0.3, 0.4) is 0 Å². The highest BCUT2D eigenvalue weighted by atomic mass is 32.1. The molecule has 0 aromatic carbocycles. The molecule has 1 aromatic heterocycles. The zero-order chi connectivity index (χ0) is 13.4. The molecule has 1 N–H and O–H groups in total. The summed E-state index contributed by atoms with van der Waals surface area (Å²) < 4.78 is 0. The van der Waals surface area contributed by atoms with Crippen LogP contribution in [0, 0.1) is 6.92 Å². The average molecular weight is 279 g/mol. The van der Waals surface area contributed by atoms with Gasteiger partial charge in [-0.05, 0) is 19.8 Å². The summed E-state index contributed by atoms with van der Waals surface area (Å²) in [6.45, 7) is 2.05. The number of piperazine rings is 1. The number of hydrogen-bond acceptors (Lipinski definition) is 4. The maximum absolute atomic E-state index is 12.5. The van der Waals surface area contributed by atoms with Crippen LogP contribution in [0.25, 0.3) is 0 Å². The van der Waals surface area contributed by atoms with E-state index in [9.17, 15) is 9.59 Å². The first kappa shape index (κ1) is 12.6. The molecule has 1 saturated carbocycles. The van der Waals surface area contributed by atoms with Crippen LogP contribution >= 0.6 is 11.3 Å². The number of carbonyl (C=O) groups is 2. The molecule has 0 spiro atoms. The van der Waals surface area contributed by atoms with E-state index in [2.05, 4.69) is 10.3 Å². The van der Waals surface area contributed by atoms with Crippen molar-refractivity contribution < 1.29 is 9.59 Å². The lowest BCUT2D eigenvalue weighted by atomic mass is 9.87. The average Bonchev–Trinajstić information content (AvgIpc) is 2.83. The third-order valence-electron chi connectivity index (χ3n) is 3.89. The molecule has 2 fully saturated rings. The number of nitrogens with zero attached hydrogens (tertiary/aromatic N) is 2. The second-order valence-corrected chi connectivity index (χ2v) is 6.27. The quantitative estimate of drug-likeness (QED) is 0.843. The summed E-state index contributed by atoms with van der Waals surface area (Å²) in [5, 5.41) is 5.67. The maximum atomic E-state index is 12.5. The molecule has 1 aliphatic carbocycles. The maximum Gasteiger partial charge on any atom is 0.274 e. The summed E-state index contributed by atoms with van der Waals surface area (Å²) in [6.07, 6.45) is 4.19. The van der Waals surface area contributed by atoms with Crippen molar-refractivity contribution in [3.63, 3.8) is 0 Å². The van der Waals surface area contributed by atoms with E-state index in [1.807, 2.05) is 6.92 Å². The van der Waals surface area contributed by atoms with E-state index in [1.165, 1.54) is 11.3 Å². The Morgan fingerprint density at radius 2 is 2.26 bits per heavy atom. The van der Waals surface area contributed by atoms with Gasteiger partial charge in [-0.25, -0.2) is 4.98 Å². The molecule has 19 heavy (non-hydrogen) atoms. The number of aromatic nitrogens is 1. The van der Waals surface area contributed by atoms with Gasteiger partial charge in [-0.3, -0.25) is 9.59 Å². The van der Waals surface area contributed by atoms with E-state index in [0.717, 1.165) is 30.7 Å². The first-order valence-electron chi connectivity index (χ1n) is 6.67. The van der Waals surface area contributed by atoms with E-state index in [4.69, 9.17) is 0 Å². The largest absolute Gasteiger partial charge is 0.350 e. The Labute approximate surface area is 116 Å². The molecule has 2 amide bonds. The summed E-state index contributed by atoms with van der Waals surface area (Å²) in [5.74, 6) is -0.153. The normalized spacial score (nSPS) is 26.8. The van der Waals surface area contributed by atoms with Crippen LogP contribution < -0.4 is 5.32 Å². The van der Waals surface area contributed by atoms with E-state index in [0.29, 0.717) is 5.69 Å². The summed E-state index contributed by atoms with van der Waals surface area (Å²) in [5.41, 5.74) is 0.474. The Kier molecular flexibility index (Phi) is 3.26. The number of hydrogen-bond donors (Lipinski definition) is 1. The molecule has 2 aliphatic rings. The van der Waals surface area contributed by atoms with Crippen molar-refractivity contribution >= 4 is 23.2 Å². The number of nitrogens with one attached hydrogen (secondary N) is 1. The second kappa shape index (κ2) is 4.92. The van der Waals surface area contributed by atoms with Crippen molar-refractivity contribution in [1.29, 1.82) is 0 Å². The Morgan fingerprint density at radius 3 is 3.00 bits per heavy atom. The molecule has 6 heteroatoms. The van der Waals surface area contributed by atoms with Gasteiger partial charge in [-0.2, -0.15) is 0 Å². The van der Waals surface area contributed by atoms with Crippen molar-refractivity contribution in [2.75, 3.05) is 6.54 Å². The molecule has 2 heterocycles. The topological polar surface area (TPSA) is 62.3 Å². The van der Waals surface area contributed by atoms with Gasteiger partial charge in [0.1, 0.15) is 12.2 Å². The van der Waals surface area contributed by atoms with Gasteiger partial charge in [-0.15, -0.1) is 11.3 Å². The zero-order valence-corrected chi connectivity index (χ0v) is 11.7. The third-order valence-corrected chi connectivity index (χ3v) is 4.66.